The van der Waals surface area contributed by atoms with Crippen molar-refractivity contribution in [1.82, 2.24) is 15.0 Å². The zero-order valence-electron chi connectivity index (χ0n) is 14.4. The third kappa shape index (κ3) is 4.27. The molecule has 0 aliphatic carbocycles. The molecule has 0 spiro atoms. The molecule has 9 nitrogen and oxygen atoms in total. The summed E-state index contributed by atoms with van der Waals surface area (Å²) in [4.78, 5) is 21.6. The van der Waals surface area contributed by atoms with Crippen LogP contribution in [0, 0.1) is 10.1 Å². The smallest absolute Gasteiger partial charge is 0.315 e. The maximum Gasteiger partial charge on any atom is 0.315 e. The number of nitro groups is 1. The zero-order valence-corrected chi connectivity index (χ0v) is 14.4. The maximum absolute atomic E-state index is 11.3. The molecular formula is C18H16N4O5. The van der Waals surface area contributed by atoms with Gasteiger partial charge in [-0.1, -0.05) is 35.5 Å². The predicted octanol–water partition coefficient (Wildman–Crippen LogP) is 2.63. The van der Waals surface area contributed by atoms with E-state index in [1.807, 2.05) is 30.3 Å². The molecule has 0 aliphatic heterocycles. The molecule has 9 heteroatoms. The minimum atomic E-state index is -0.628. The highest BCUT2D eigenvalue weighted by Crippen LogP contribution is 2.38. The van der Waals surface area contributed by atoms with Gasteiger partial charge in [0.1, 0.15) is 18.6 Å². The number of benzene rings is 2. The van der Waals surface area contributed by atoms with E-state index in [1.54, 1.807) is 10.9 Å². The van der Waals surface area contributed by atoms with Gasteiger partial charge < -0.3 is 9.47 Å². The van der Waals surface area contributed by atoms with E-state index in [2.05, 4.69) is 10.3 Å². The van der Waals surface area contributed by atoms with E-state index in [0.717, 1.165) is 11.6 Å². The van der Waals surface area contributed by atoms with Crippen LogP contribution in [0.2, 0.25) is 0 Å². The molecule has 0 radical (unpaired) electrons. The molecule has 0 amide bonds. The van der Waals surface area contributed by atoms with Gasteiger partial charge in [-0.15, -0.1) is 5.10 Å². The van der Waals surface area contributed by atoms with Gasteiger partial charge in [-0.05, 0) is 11.6 Å². The summed E-state index contributed by atoms with van der Waals surface area (Å²) >= 11 is 0. The molecule has 27 heavy (non-hydrogen) atoms. The van der Waals surface area contributed by atoms with Crippen LogP contribution in [0.15, 0.2) is 48.7 Å². The lowest BCUT2D eigenvalue weighted by Crippen LogP contribution is -2.03. The van der Waals surface area contributed by atoms with Crippen molar-refractivity contribution in [1.29, 1.82) is 0 Å². The van der Waals surface area contributed by atoms with Gasteiger partial charge in [0.2, 0.25) is 5.75 Å². The highest BCUT2D eigenvalue weighted by atomic mass is 16.6. The molecular weight excluding hydrogens is 352 g/mol. The Balaban J connectivity index is 1.77. The fraction of sp³-hybridized carbons (Fsp3) is 0.167. The van der Waals surface area contributed by atoms with Gasteiger partial charge in [-0.25, -0.2) is 4.68 Å². The maximum atomic E-state index is 11.3. The van der Waals surface area contributed by atoms with Crippen LogP contribution < -0.4 is 9.47 Å². The number of hydrogen-bond acceptors (Lipinski definition) is 7. The van der Waals surface area contributed by atoms with Gasteiger partial charge >= 0.3 is 5.69 Å². The molecule has 1 heterocycles. The summed E-state index contributed by atoms with van der Waals surface area (Å²) in [5.74, 6) is 0.0358. The first-order valence-corrected chi connectivity index (χ1v) is 7.98. The van der Waals surface area contributed by atoms with Crippen molar-refractivity contribution < 1.29 is 19.2 Å². The average Bonchev–Trinajstić information content (AvgIpc) is 3.13. The number of rotatable bonds is 8. The van der Waals surface area contributed by atoms with Crippen molar-refractivity contribution in [3.63, 3.8) is 0 Å². The Morgan fingerprint density at radius 1 is 1.26 bits per heavy atom. The molecule has 3 aromatic rings. The van der Waals surface area contributed by atoms with Crippen molar-refractivity contribution >= 4 is 12.0 Å². The monoisotopic (exact) mass is 368 g/mol. The Kier molecular flexibility index (Phi) is 5.41. The molecule has 0 saturated heterocycles. The molecule has 0 fully saturated rings. The molecule has 0 aliphatic rings. The first kappa shape index (κ1) is 18.1. The summed E-state index contributed by atoms with van der Waals surface area (Å²) in [7, 11) is 1.34. The third-order valence-corrected chi connectivity index (χ3v) is 3.75. The van der Waals surface area contributed by atoms with E-state index in [1.165, 1.54) is 13.2 Å². The molecule has 138 valence electrons. The van der Waals surface area contributed by atoms with Crippen LogP contribution in [0.4, 0.5) is 5.69 Å². The van der Waals surface area contributed by atoms with Gasteiger partial charge in [0, 0.05) is 11.6 Å². The van der Waals surface area contributed by atoms with E-state index in [9.17, 15) is 14.9 Å². The lowest BCUT2D eigenvalue weighted by molar-refractivity contribution is -0.386. The molecule has 1 aromatic heterocycles. The molecule has 0 N–H and O–H groups in total. The minimum absolute atomic E-state index is 0.0353. The summed E-state index contributed by atoms with van der Waals surface area (Å²) < 4.78 is 12.3. The van der Waals surface area contributed by atoms with Crippen molar-refractivity contribution in [3.8, 4) is 11.5 Å². The molecule has 0 saturated carbocycles. The van der Waals surface area contributed by atoms with Crippen molar-refractivity contribution in [3.05, 3.63) is 75.6 Å². The third-order valence-electron chi connectivity index (χ3n) is 3.75. The van der Waals surface area contributed by atoms with Crippen LogP contribution in [0.3, 0.4) is 0 Å². The van der Waals surface area contributed by atoms with Crippen molar-refractivity contribution in [2.24, 2.45) is 0 Å². The lowest BCUT2D eigenvalue weighted by atomic mass is 10.2. The zero-order chi connectivity index (χ0) is 19.2. The van der Waals surface area contributed by atoms with Gasteiger partial charge in [0.15, 0.2) is 5.75 Å². The fourth-order valence-electron chi connectivity index (χ4n) is 2.51. The summed E-state index contributed by atoms with van der Waals surface area (Å²) in [6.45, 7) is 0.512. The first-order valence-electron chi connectivity index (χ1n) is 7.98. The molecule has 2 aromatic carbocycles. The highest BCUT2D eigenvalue weighted by Gasteiger charge is 2.22. The van der Waals surface area contributed by atoms with Crippen LogP contribution in [0.25, 0.3) is 0 Å². The Hall–Kier alpha value is -3.75. The largest absolute Gasteiger partial charge is 0.493 e. The Bertz CT molecular complexity index is 956. The van der Waals surface area contributed by atoms with Crippen LogP contribution in [-0.4, -0.2) is 33.3 Å². The fourth-order valence-corrected chi connectivity index (χ4v) is 2.51. The van der Waals surface area contributed by atoms with E-state index < -0.39 is 4.92 Å². The van der Waals surface area contributed by atoms with Crippen LogP contribution >= 0.6 is 0 Å². The van der Waals surface area contributed by atoms with Crippen LogP contribution in [0.1, 0.15) is 21.6 Å². The van der Waals surface area contributed by atoms with E-state index in [-0.39, 0.29) is 29.4 Å². The normalized spacial score (nSPS) is 10.4. The van der Waals surface area contributed by atoms with E-state index >= 15 is 0 Å². The summed E-state index contributed by atoms with van der Waals surface area (Å²) in [6.07, 6.45) is 2.21. The Morgan fingerprint density at radius 2 is 2.04 bits per heavy atom. The second-order valence-corrected chi connectivity index (χ2v) is 5.63. The molecule has 0 unspecified atom stereocenters. The Morgan fingerprint density at radius 3 is 2.70 bits per heavy atom. The number of ether oxygens (including phenoxy) is 2. The number of nitrogens with zero attached hydrogens (tertiary/aromatic N) is 4. The number of aromatic nitrogens is 3. The quantitative estimate of drug-likeness (QED) is 0.341. The lowest BCUT2D eigenvalue weighted by Gasteiger charge is -2.10. The van der Waals surface area contributed by atoms with Gasteiger partial charge in [-0.3, -0.25) is 14.9 Å². The Labute approximate surface area is 154 Å². The summed E-state index contributed by atoms with van der Waals surface area (Å²) in [6, 6.07) is 12.3. The van der Waals surface area contributed by atoms with Crippen molar-refractivity contribution in [2.45, 2.75) is 13.2 Å². The van der Waals surface area contributed by atoms with E-state index in [4.69, 9.17) is 9.47 Å². The number of aldehydes is 1. The van der Waals surface area contributed by atoms with Gasteiger partial charge in [0.25, 0.3) is 0 Å². The van der Waals surface area contributed by atoms with Gasteiger partial charge in [-0.2, -0.15) is 0 Å². The standard InChI is InChI=1S/C18H16N4O5/c1-26-17-8-14(11-23)7-16(22(24)25)18(17)27-12-15-10-21(20-19-15)9-13-5-3-2-4-6-13/h2-8,10-11H,9,12H2,1H3. The van der Waals surface area contributed by atoms with Crippen molar-refractivity contribution in [2.75, 3.05) is 7.11 Å². The predicted molar refractivity (Wildman–Crippen MR) is 94.9 cm³/mol. The highest BCUT2D eigenvalue weighted by molar-refractivity contribution is 5.79. The first-order chi connectivity index (χ1) is 13.1. The number of carbonyl (C=O) groups excluding carboxylic acids is 1. The minimum Gasteiger partial charge on any atom is -0.493 e. The van der Waals surface area contributed by atoms with Crippen LogP contribution in [-0.2, 0) is 13.2 Å². The summed E-state index contributed by atoms with van der Waals surface area (Å²) in [5, 5.41) is 19.3. The van der Waals surface area contributed by atoms with Crippen LogP contribution in [0.5, 0.6) is 11.5 Å². The number of nitro benzene ring substituents is 1. The van der Waals surface area contributed by atoms with E-state index in [0.29, 0.717) is 18.5 Å². The second kappa shape index (κ2) is 8.09. The number of carbonyl (C=O) groups is 1. The molecule has 0 atom stereocenters. The summed E-state index contributed by atoms with van der Waals surface area (Å²) in [5.41, 5.74) is 1.34. The number of hydrogen-bond donors (Lipinski definition) is 0. The van der Waals surface area contributed by atoms with Gasteiger partial charge in [0.05, 0.1) is 24.8 Å². The SMILES string of the molecule is COc1cc(C=O)cc([N+](=O)[O-])c1OCc1cn(Cc2ccccc2)nn1. The molecule has 3 rings (SSSR count). The second-order valence-electron chi connectivity index (χ2n) is 5.63. The average molecular weight is 368 g/mol. The molecule has 0 bridgehead atoms. The number of methoxy groups -OCH3 is 1. The topological polar surface area (TPSA) is 109 Å².